The van der Waals surface area contributed by atoms with Gasteiger partial charge in [-0.25, -0.2) is 0 Å². The van der Waals surface area contributed by atoms with Gasteiger partial charge in [0.15, 0.2) is 6.61 Å². The zero-order valence-corrected chi connectivity index (χ0v) is 8.86. The van der Waals surface area contributed by atoms with Gasteiger partial charge in [-0.05, 0) is 24.6 Å². The average molecular weight is 222 g/mol. The van der Waals surface area contributed by atoms with Crippen LogP contribution >= 0.6 is 0 Å². The second kappa shape index (κ2) is 5.75. The molecule has 0 aliphatic heterocycles. The standard InChI is InChI=1S/C11H13NO4/c1-8-3-2-4-9(5-8)16-7-10(13)12-6-11(14)15/h2-5H,6-7H2,1H3,(H,12,13)(H,14,15)/p-1. The van der Waals surface area contributed by atoms with E-state index in [9.17, 15) is 14.7 Å². The van der Waals surface area contributed by atoms with E-state index < -0.39 is 18.4 Å². The summed E-state index contributed by atoms with van der Waals surface area (Å²) in [6.07, 6.45) is 0. The third-order valence-electron chi connectivity index (χ3n) is 1.79. The predicted molar refractivity (Wildman–Crippen MR) is 54.7 cm³/mol. The highest BCUT2D eigenvalue weighted by Crippen LogP contribution is 2.11. The van der Waals surface area contributed by atoms with Crippen molar-refractivity contribution in [2.24, 2.45) is 0 Å². The molecule has 0 unspecified atom stereocenters. The molecule has 0 aliphatic carbocycles. The number of carbonyl (C=O) groups is 2. The Labute approximate surface area is 93.0 Å². The van der Waals surface area contributed by atoms with Crippen LogP contribution in [0.4, 0.5) is 0 Å². The number of nitrogens with one attached hydrogen (secondary N) is 1. The van der Waals surface area contributed by atoms with Crippen LogP contribution < -0.4 is 15.2 Å². The van der Waals surface area contributed by atoms with Crippen molar-refractivity contribution in [2.75, 3.05) is 13.2 Å². The number of aliphatic carboxylic acids is 1. The first kappa shape index (κ1) is 12.0. The van der Waals surface area contributed by atoms with Crippen LogP contribution in [0.3, 0.4) is 0 Å². The van der Waals surface area contributed by atoms with Crippen LogP contribution in [-0.2, 0) is 9.59 Å². The lowest BCUT2D eigenvalue weighted by molar-refractivity contribution is -0.304. The molecule has 0 aliphatic rings. The van der Waals surface area contributed by atoms with E-state index in [0.29, 0.717) is 5.75 Å². The van der Waals surface area contributed by atoms with Crippen LogP contribution in [0, 0.1) is 6.92 Å². The van der Waals surface area contributed by atoms with E-state index in [-0.39, 0.29) is 6.61 Å². The summed E-state index contributed by atoms with van der Waals surface area (Å²) in [4.78, 5) is 21.1. The molecule has 1 rings (SSSR count). The van der Waals surface area contributed by atoms with Gasteiger partial charge in [0.1, 0.15) is 5.75 Å². The first-order valence-electron chi connectivity index (χ1n) is 4.74. The zero-order valence-electron chi connectivity index (χ0n) is 8.86. The minimum atomic E-state index is -1.33. The van der Waals surface area contributed by atoms with Gasteiger partial charge >= 0.3 is 0 Å². The van der Waals surface area contributed by atoms with E-state index >= 15 is 0 Å². The Morgan fingerprint density at radius 3 is 2.81 bits per heavy atom. The molecule has 16 heavy (non-hydrogen) atoms. The van der Waals surface area contributed by atoms with E-state index in [0.717, 1.165) is 5.56 Å². The first-order chi connectivity index (χ1) is 7.58. The Balaban J connectivity index is 2.34. The number of carbonyl (C=O) groups excluding carboxylic acids is 2. The van der Waals surface area contributed by atoms with Gasteiger partial charge in [-0.1, -0.05) is 12.1 Å². The number of aryl methyl sites for hydroxylation is 1. The molecule has 1 N–H and O–H groups in total. The number of carboxylic acids is 1. The highest BCUT2D eigenvalue weighted by molar-refractivity contribution is 5.81. The minimum absolute atomic E-state index is 0.212. The van der Waals surface area contributed by atoms with E-state index in [4.69, 9.17) is 4.74 Å². The maximum absolute atomic E-state index is 11.1. The van der Waals surface area contributed by atoms with Gasteiger partial charge in [0.2, 0.25) is 0 Å². The lowest BCUT2D eigenvalue weighted by atomic mass is 10.2. The number of hydrogen-bond donors (Lipinski definition) is 1. The van der Waals surface area contributed by atoms with Gasteiger partial charge in [0.05, 0.1) is 12.5 Å². The lowest BCUT2D eigenvalue weighted by Crippen LogP contribution is -2.39. The Bertz CT molecular complexity index is 389. The highest BCUT2D eigenvalue weighted by atomic mass is 16.5. The molecule has 1 aromatic rings. The van der Waals surface area contributed by atoms with Gasteiger partial charge in [0, 0.05) is 0 Å². The van der Waals surface area contributed by atoms with Crippen LogP contribution in [0.25, 0.3) is 0 Å². The molecule has 1 aromatic carbocycles. The summed E-state index contributed by atoms with van der Waals surface area (Å²) in [5.41, 5.74) is 1.02. The normalized spacial score (nSPS) is 9.56. The van der Waals surface area contributed by atoms with Gasteiger partial charge in [0.25, 0.3) is 5.91 Å². The molecule has 0 heterocycles. The molecular weight excluding hydrogens is 210 g/mol. The first-order valence-corrected chi connectivity index (χ1v) is 4.74. The second-order valence-corrected chi connectivity index (χ2v) is 3.25. The average Bonchev–Trinajstić information content (AvgIpc) is 2.23. The third kappa shape index (κ3) is 4.45. The largest absolute Gasteiger partial charge is 0.548 e. The summed E-state index contributed by atoms with van der Waals surface area (Å²) in [7, 11) is 0. The van der Waals surface area contributed by atoms with Crippen molar-refractivity contribution in [3.8, 4) is 5.75 Å². The predicted octanol–water partition coefficient (Wildman–Crippen LogP) is -0.760. The molecule has 0 atom stereocenters. The van der Waals surface area contributed by atoms with Crippen molar-refractivity contribution in [1.29, 1.82) is 0 Å². The van der Waals surface area contributed by atoms with Crippen LogP contribution in [0.1, 0.15) is 5.56 Å². The number of rotatable bonds is 5. The van der Waals surface area contributed by atoms with Crippen molar-refractivity contribution in [3.63, 3.8) is 0 Å². The van der Waals surface area contributed by atoms with Gasteiger partial charge in [-0.3, -0.25) is 4.79 Å². The van der Waals surface area contributed by atoms with Crippen molar-refractivity contribution in [3.05, 3.63) is 29.8 Å². The summed E-state index contributed by atoms with van der Waals surface area (Å²) in [6, 6.07) is 7.22. The Morgan fingerprint density at radius 1 is 1.44 bits per heavy atom. The maximum atomic E-state index is 11.1. The Morgan fingerprint density at radius 2 is 2.19 bits per heavy atom. The fourth-order valence-electron chi connectivity index (χ4n) is 1.08. The van der Waals surface area contributed by atoms with Gasteiger partial charge in [-0.15, -0.1) is 0 Å². The van der Waals surface area contributed by atoms with E-state index in [1.165, 1.54) is 0 Å². The van der Waals surface area contributed by atoms with Crippen LogP contribution in [0.15, 0.2) is 24.3 Å². The summed E-state index contributed by atoms with van der Waals surface area (Å²) < 4.78 is 5.16. The number of amides is 1. The molecule has 5 nitrogen and oxygen atoms in total. The zero-order chi connectivity index (χ0) is 12.0. The van der Waals surface area contributed by atoms with E-state index in [1.807, 2.05) is 19.1 Å². The molecule has 86 valence electrons. The molecule has 0 spiro atoms. The lowest BCUT2D eigenvalue weighted by Gasteiger charge is -2.08. The maximum Gasteiger partial charge on any atom is 0.258 e. The smallest absolute Gasteiger partial charge is 0.258 e. The summed E-state index contributed by atoms with van der Waals surface area (Å²) in [5.74, 6) is -1.25. The van der Waals surface area contributed by atoms with Crippen LogP contribution in [0.2, 0.25) is 0 Å². The van der Waals surface area contributed by atoms with Crippen molar-refractivity contribution in [1.82, 2.24) is 5.32 Å². The van der Waals surface area contributed by atoms with Crippen molar-refractivity contribution >= 4 is 11.9 Å². The molecule has 0 radical (unpaired) electrons. The number of carboxylic acid groups (broad SMARTS) is 1. The fourth-order valence-corrected chi connectivity index (χ4v) is 1.08. The van der Waals surface area contributed by atoms with Crippen molar-refractivity contribution in [2.45, 2.75) is 6.92 Å². The van der Waals surface area contributed by atoms with Crippen LogP contribution in [-0.4, -0.2) is 25.0 Å². The van der Waals surface area contributed by atoms with Gasteiger partial charge < -0.3 is 20.0 Å². The molecule has 0 saturated carbocycles. The summed E-state index contributed by atoms with van der Waals surface area (Å²) >= 11 is 0. The minimum Gasteiger partial charge on any atom is -0.548 e. The molecule has 5 heteroatoms. The summed E-state index contributed by atoms with van der Waals surface area (Å²) in [6.45, 7) is 1.19. The number of hydrogen-bond acceptors (Lipinski definition) is 4. The summed E-state index contributed by atoms with van der Waals surface area (Å²) in [5, 5.41) is 12.2. The third-order valence-corrected chi connectivity index (χ3v) is 1.79. The highest BCUT2D eigenvalue weighted by Gasteiger charge is 2.01. The molecule has 0 fully saturated rings. The number of ether oxygens (including phenoxy) is 1. The molecule has 0 saturated heterocycles. The molecular formula is C11H12NO4-. The quantitative estimate of drug-likeness (QED) is 0.710. The topological polar surface area (TPSA) is 78.5 Å². The fraction of sp³-hybridized carbons (Fsp3) is 0.273. The number of benzene rings is 1. The van der Waals surface area contributed by atoms with Crippen molar-refractivity contribution < 1.29 is 19.4 Å². The van der Waals surface area contributed by atoms with E-state index in [1.54, 1.807) is 12.1 Å². The Kier molecular flexibility index (Phi) is 4.32. The monoisotopic (exact) mass is 222 g/mol. The Hall–Kier alpha value is -2.04. The molecule has 1 amide bonds. The second-order valence-electron chi connectivity index (χ2n) is 3.25. The molecule has 0 aromatic heterocycles. The van der Waals surface area contributed by atoms with Crippen LogP contribution in [0.5, 0.6) is 5.75 Å². The SMILES string of the molecule is Cc1cccc(OCC(=O)NCC(=O)[O-])c1. The van der Waals surface area contributed by atoms with E-state index in [2.05, 4.69) is 5.32 Å². The van der Waals surface area contributed by atoms with Gasteiger partial charge in [-0.2, -0.15) is 0 Å². The molecule has 0 bridgehead atoms.